The first-order valence-corrected chi connectivity index (χ1v) is 5.96. The molecule has 3 rings (SSSR count). The summed E-state index contributed by atoms with van der Waals surface area (Å²) in [4.78, 5) is 3.52. The predicted octanol–water partition coefficient (Wildman–Crippen LogP) is 2.23. The highest BCUT2D eigenvalue weighted by molar-refractivity contribution is 5.18. The number of pyridine rings is 1. The number of fused-ring (bicyclic) bond motifs is 2. The molecule has 0 amide bonds. The van der Waals surface area contributed by atoms with E-state index in [0.29, 0.717) is 5.92 Å². The van der Waals surface area contributed by atoms with Gasteiger partial charge in [-0.3, -0.25) is 0 Å². The molecule has 2 heterocycles. The maximum atomic E-state index is 12.5. The molecule has 3 nitrogen and oxygen atoms in total. The molecule has 1 aromatic rings. The molecule has 1 aliphatic heterocycles. The van der Waals surface area contributed by atoms with E-state index in [1.807, 2.05) is 0 Å². The van der Waals surface area contributed by atoms with Gasteiger partial charge in [0.25, 0.3) is 0 Å². The smallest absolute Gasteiger partial charge is 0.433 e. The van der Waals surface area contributed by atoms with Crippen molar-refractivity contribution < 1.29 is 17.9 Å². The Labute approximate surface area is 102 Å². The molecule has 1 saturated heterocycles. The van der Waals surface area contributed by atoms with E-state index >= 15 is 0 Å². The van der Waals surface area contributed by atoms with Crippen molar-refractivity contribution in [2.24, 2.45) is 5.92 Å². The number of halogens is 3. The van der Waals surface area contributed by atoms with Crippen molar-refractivity contribution >= 4 is 0 Å². The number of rotatable bonds is 2. The number of aromatic nitrogens is 1. The van der Waals surface area contributed by atoms with Crippen LogP contribution in [-0.4, -0.2) is 23.7 Å². The third-order valence-electron chi connectivity index (χ3n) is 3.56. The number of nitrogens with zero attached hydrogens (tertiary/aromatic N) is 1. The summed E-state index contributed by atoms with van der Waals surface area (Å²) >= 11 is 0. The summed E-state index contributed by atoms with van der Waals surface area (Å²) < 4.78 is 43.1. The Morgan fingerprint density at radius 3 is 2.72 bits per heavy atom. The first-order chi connectivity index (χ1) is 8.52. The lowest BCUT2D eigenvalue weighted by molar-refractivity contribution is -0.141. The van der Waals surface area contributed by atoms with E-state index < -0.39 is 11.9 Å². The van der Waals surface area contributed by atoms with Crippen molar-refractivity contribution in [3.63, 3.8) is 0 Å². The molecular formula is C12H13F3N2O. The summed E-state index contributed by atoms with van der Waals surface area (Å²) in [5, 5.41) is 3.30. The van der Waals surface area contributed by atoms with Gasteiger partial charge in [-0.1, -0.05) is 6.07 Å². The summed E-state index contributed by atoms with van der Waals surface area (Å²) in [5.74, 6) is 0.648. The minimum Gasteiger partial charge on any atom is -0.473 e. The van der Waals surface area contributed by atoms with E-state index in [9.17, 15) is 13.2 Å². The van der Waals surface area contributed by atoms with Crippen molar-refractivity contribution in [3.05, 3.63) is 23.9 Å². The number of piperidine rings is 1. The van der Waals surface area contributed by atoms with Gasteiger partial charge in [0.15, 0.2) is 0 Å². The van der Waals surface area contributed by atoms with Crippen LogP contribution in [0.3, 0.4) is 0 Å². The van der Waals surface area contributed by atoms with Crippen LogP contribution in [0.2, 0.25) is 0 Å². The minimum absolute atomic E-state index is 0.0558. The van der Waals surface area contributed by atoms with E-state index in [-0.39, 0.29) is 18.0 Å². The molecule has 18 heavy (non-hydrogen) atoms. The largest absolute Gasteiger partial charge is 0.473 e. The average molecular weight is 258 g/mol. The lowest BCUT2D eigenvalue weighted by Crippen LogP contribution is -2.40. The first-order valence-electron chi connectivity index (χ1n) is 5.96. The third kappa shape index (κ3) is 2.16. The Hall–Kier alpha value is -1.30. The molecule has 6 heteroatoms. The second-order valence-corrected chi connectivity index (χ2v) is 4.87. The molecule has 3 atom stereocenters. The third-order valence-corrected chi connectivity index (χ3v) is 3.56. The van der Waals surface area contributed by atoms with Crippen LogP contribution in [0.4, 0.5) is 13.2 Å². The Bertz CT molecular complexity index is 449. The molecule has 2 fully saturated rings. The van der Waals surface area contributed by atoms with Crippen LogP contribution >= 0.6 is 0 Å². The predicted molar refractivity (Wildman–Crippen MR) is 58.2 cm³/mol. The highest BCUT2D eigenvalue weighted by Gasteiger charge is 2.41. The zero-order valence-electron chi connectivity index (χ0n) is 9.57. The number of hydrogen-bond acceptors (Lipinski definition) is 3. The summed E-state index contributed by atoms with van der Waals surface area (Å²) in [7, 11) is 0. The van der Waals surface area contributed by atoms with Crippen molar-refractivity contribution in [2.75, 3.05) is 6.54 Å². The van der Waals surface area contributed by atoms with E-state index in [2.05, 4.69) is 10.3 Å². The Morgan fingerprint density at radius 2 is 2.11 bits per heavy atom. The van der Waals surface area contributed by atoms with Gasteiger partial charge in [0.1, 0.15) is 11.8 Å². The van der Waals surface area contributed by atoms with Gasteiger partial charge >= 0.3 is 6.18 Å². The van der Waals surface area contributed by atoms with Crippen molar-refractivity contribution in [1.29, 1.82) is 0 Å². The highest BCUT2D eigenvalue weighted by atomic mass is 19.4. The van der Waals surface area contributed by atoms with Gasteiger partial charge in [-0.25, -0.2) is 4.98 Å². The second kappa shape index (κ2) is 4.12. The van der Waals surface area contributed by atoms with Crippen molar-refractivity contribution in [1.82, 2.24) is 10.3 Å². The minimum atomic E-state index is -4.42. The molecule has 1 N–H and O–H groups in total. The van der Waals surface area contributed by atoms with Crippen LogP contribution in [0.1, 0.15) is 18.5 Å². The fraction of sp³-hybridized carbons (Fsp3) is 0.583. The normalized spacial score (nSPS) is 30.7. The fourth-order valence-electron chi connectivity index (χ4n) is 2.72. The number of ether oxygens (including phenoxy) is 1. The monoisotopic (exact) mass is 258 g/mol. The van der Waals surface area contributed by atoms with E-state index in [1.54, 1.807) is 0 Å². The zero-order chi connectivity index (χ0) is 12.8. The van der Waals surface area contributed by atoms with E-state index in [4.69, 9.17) is 4.74 Å². The number of alkyl halides is 3. The molecular weight excluding hydrogens is 245 g/mol. The highest BCUT2D eigenvalue weighted by Crippen LogP contribution is 2.34. The summed E-state index contributed by atoms with van der Waals surface area (Å²) in [6, 6.07) is 4.00. The summed E-state index contributed by atoms with van der Waals surface area (Å²) in [6.45, 7) is 0.987. The van der Waals surface area contributed by atoms with Crippen LogP contribution in [0.5, 0.6) is 5.88 Å². The number of hydrogen-bond donors (Lipinski definition) is 1. The maximum Gasteiger partial charge on any atom is 0.433 e. The van der Waals surface area contributed by atoms with Crippen LogP contribution in [0.15, 0.2) is 18.2 Å². The summed E-state index contributed by atoms with van der Waals surface area (Å²) in [5.41, 5.74) is -0.906. The van der Waals surface area contributed by atoms with Crippen LogP contribution < -0.4 is 10.1 Å². The Kier molecular flexibility index (Phi) is 2.69. The number of nitrogens with one attached hydrogen (secondary N) is 1. The van der Waals surface area contributed by atoms with Crippen molar-refractivity contribution in [3.8, 4) is 5.88 Å². The topological polar surface area (TPSA) is 34.1 Å². The van der Waals surface area contributed by atoms with Gasteiger partial charge in [0.2, 0.25) is 5.88 Å². The lowest BCUT2D eigenvalue weighted by Gasteiger charge is -2.23. The molecule has 2 aliphatic rings. The van der Waals surface area contributed by atoms with E-state index in [1.165, 1.54) is 12.1 Å². The molecule has 0 unspecified atom stereocenters. The van der Waals surface area contributed by atoms with Gasteiger partial charge in [-0.2, -0.15) is 13.2 Å². The van der Waals surface area contributed by atoms with Gasteiger partial charge in [0, 0.05) is 12.1 Å². The SMILES string of the molecule is FC(F)(F)c1cccc(O[C@@H]2C[C@@H]3CN[C@H]2C3)n1. The van der Waals surface area contributed by atoms with Gasteiger partial charge in [-0.05, 0) is 31.4 Å². The van der Waals surface area contributed by atoms with Gasteiger partial charge < -0.3 is 10.1 Å². The zero-order valence-corrected chi connectivity index (χ0v) is 9.57. The molecule has 0 aromatic carbocycles. The fourth-order valence-corrected chi connectivity index (χ4v) is 2.72. The molecule has 2 bridgehead atoms. The molecule has 0 radical (unpaired) electrons. The molecule has 1 aromatic heterocycles. The average Bonchev–Trinajstić information content (AvgIpc) is 2.90. The Morgan fingerprint density at radius 1 is 1.28 bits per heavy atom. The summed E-state index contributed by atoms with van der Waals surface area (Å²) in [6.07, 6.45) is -2.54. The first kappa shape index (κ1) is 11.8. The van der Waals surface area contributed by atoms with Crippen LogP contribution in [0, 0.1) is 5.92 Å². The molecule has 1 saturated carbocycles. The van der Waals surface area contributed by atoms with Crippen molar-refractivity contribution in [2.45, 2.75) is 31.2 Å². The second-order valence-electron chi connectivity index (χ2n) is 4.87. The maximum absolute atomic E-state index is 12.5. The van der Waals surface area contributed by atoms with Crippen LogP contribution in [0.25, 0.3) is 0 Å². The standard InChI is InChI=1S/C12H13F3N2O/c13-12(14,15)10-2-1-3-11(17-10)18-9-5-7-4-8(9)16-6-7/h1-3,7-9,16H,4-6H2/t7-,8+,9-/m1/s1. The van der Waals surface area contributed by atoms with E-state index in [0.717, 1.165) is 25.5 Å². The van der Waals surface area contributed by atoms with Gasteiger partial charge in [-0.15, -0.1) is 0 Å². The molecule has 98 valence electrons. The van der Waals surface area contributed by atoms with Gasteiger partial charge in [0.05, 0.1) is 0 Å². The Balaban J connectivity index is 1.73. The lowest BCUT2D eigenvalue weighted by atomic mass is 10.1. The van der Waals surface area contributed by atoms with Crippen LogP contribution in [-0.2, 0) is 6.18 Å². The molecule has 0 spiro atoms. The molecule has 1 aliphatic carbocycles. The quantitative estimate of drug-likeness (QED) is 0.883.